The summed E-state index contributed by atoms with van der Waals surface area (Å²) in [6.07, 6.45) is 1.13. The van der Waals surface area contributed by atoms with Crippen LogP contribution in [-0.2, 0) is 11.2 Å². The van der Waals surface area contributed by atoms with E-state index in [9.17, 15) is 4.79 Å². The van der Waals surface area contributed by atoms with Crippen LogP contribution in [0.25, 0.3) is 0 Å². The van der Waals surface area contributed by atoms with Crippen LogP contribution in [0.1, 0.15) is 55.5 Å². The second-order valence-corrected chi connectivity index (χ2v) is 6.59. The van der Waals surface area contributed by atoms with Gasteiger partial charge in [-0.2, -0.15) is 0 Å². The van der Waals surface area contributed by atoms with Crippen molar-refractivity contribution in [2.75, 3.05) is 0 Å². The molecule has 3 nitrogen and oxygen atoms in total. The predicted molar refractivity (Wildman–Crippen MR) is 103 cm³/mol. The third kappa shape index (κ3) is 5.09. The van der Waals surface area contributed by atoms with Crippen molar-refractivity contribution in [3.05, 3.63) is 64.7 Å². The minimum atomic E-state index is -0.485. The van der Waals surface area contributed by atoms with E-state index >= 15 is 0 Å². The summed E-state index contributed by atoms with van der Waals surface area (Å²) in [4.78, 5) is 12.6. The largest absolute Gasteiger partial charge is 0.481 e. The smallest absolute Gasteiger partial charge is 0.261 e. The molecule has 0 radical (unpaired) electrons. The molecular weight excluding hydrogens is 310 g/mol. The van der Waals surface area contributed by atoms with E-state index in [-0.39, 0.29) is 11.9 Å². The molecule has 2 aromatic rings. The summed E-state index contributed by atoms with van der Waals surface area (Å²) in [5.74, 6) is 0.658. The molecule has 3 heteroatoms. The van der Waals surface area contributed by atoms with Crippen molar-refractivity contribution in [3.63, 3.8) is 0 Å². The third-order valence-electron chi connectivity index (χ3n) is 4.66. The Morgan fingerprint density at radius 1 is 1.04 bits per heavy atom. The number of benzene rings is 2. The molecule has 1 N–H and O–H groups in total. The Hall–Kier alpha value is -2.29. The topological polar surface area (TPSA) is 38.3 Å². The van der Waals surface area contributed by atoms with Crippen LogP contribution in [0.15, 0.2) is 42.5 Å². The molecule has 2 atom stereocenters. The van der Waals surface area contributed by atoms with Gasteiger partial charge in [0.15, 0.2) is 6.10 Å². The van der Waals surface area contributed by atoms with Gasteiger partial charge in [0.2, 0.25) is 0 Å². The van der Waals surface area contributed by atoms with Crippen LogP contribution in [0, 0.1) is 13.8 Å². The van der Waals surface area contributed by atoms with Crippen molar-refractivity contribution in [3.8, 4) is 5.75 Å². The molecule has 134 valence electrons. The number of carbonyl (C=O) groups excluding carboxylic acids is 1. The molecule has 0 heterocycles. The molecule has 0 unspecified atom stereocenters. The van der Waals surface area contributed by atoms with Gasteiger partial charge in [-0.1, -0.05) is 44.2 Å². The van der Waals surface area contributed by atoms with E-state index in [1.54, 1.807) is 0 Å². The van der Waals surface area contributed by atoms with Gasteiger partial charge in [0.05, 0.1) is 6.04 Å². The predicted octanol–water partition coefficient (Wildman–Crippen LogP) is 4.90. The Morgan fingerprint density at radius 2 is 1.72 bits per heavy atom. The number of hydrogen-bond donors (Lipinski definition) is 1. The summed E-state index contributed by atoms with van der Waals surface area (Å²) in [5.41, 5.74) is 4.86. The Labute approximate surface area is 151 Å². The zero-order valence-corrected chi connectivity index (χ0v) is 15.9. The van der Waals surface area contributed by atoms with Gasteiger partial charge in [0.1, 0.15) is 5.75 Å². The number of amides is 1. The lowest BCUT2D eigenvalue weighted by atomic mass is 10.0. The average Bonchev–Trinajstić information content (AvgIpc) is 2.62. The lowest BCUT2D eigenvalue weighted by molar-refractivity contribution is -0.128. The number of rotatable bonds is 7. The van der Waals surface area contributed by atoms with E-state index in [1.165, 1.54) is 16.7 Å². The molecule has 0 spiro atoms. The molecule has 0 aliphatic carbocycles. The van der Waals surface area contributed by atoms with Crippen LogP contribution < -0.4 is 10.1 Å². The second kappa shape index (κ2) is 8.70. The van der Waals surface area contributed by atoms with Crippen molar-refractivity contribution in [2.24, 2.45) is 0 Å². The van der Waals surface area contributed by atoms with Crippen LogP contribution in [0.5, 0.6) is 5.75 Å². The van der Waals surface area contributed by atoms with Gasteiger partial charge in [0, 0.05) is 0 Å². The Balaban J connectivity index is 2.01. The van der Waals surface area contributed by atoms with Crippen LogP contribution in [-0.4, -0.2) is 12.0 Å². The van der Waals surface area contributed by atoms with E-state index < -0.39 is 6.10 Å². The SMILES string of the molecule is CCc1ccc(O[C@H](CC)C(=O)N[C@@H](C)c2ccc(C)c(C)c2)cc1. The number of ether oxygens (including phenoxy) is 1. The van der Waals surface area contributed by atoms with Crippen LogP contribution in [0.3, 0.4) is 0 Å². The summed E-state index contributed by atoms with van der Waals surface area (Å²) in [6.45, 7) is 10.3. The van der Waals surface area contributed by atoms with Crippen LogP contribution in [0.2, 0.25) is 0 Å². The molecule has 25 heavy (non-hydrogen) atoms. The lowest BCUT2D eigenvalue weighted by Crippen LogP contribution is -2.39. The maximum atomic E-state index is 12.6. The number of nitrogens with one attached hydrogen (secondary N) is 1. The molecule has 0 bridgehead atoms. The molecular formula is C22H29NO2. The highest BCUT2D eigenvalue weighted by molar-refractivity contribution is 5.81. The second-order valence-electron chi connectivity index (χ2n) is 6.59. The van der Waals surface area contributed by atoms with Gasteiger partial charge >= 0.3 is 0 Å². The van der Waals surface area contributed by atoms with Crippen molar-refractivity contribution < 1.29 is 9.53 Å². The van der Waals surface area contributed by atoms with Crippen molar-refractivity contribution in [1.29, 1.82) is 0 Å². The Bertz CT molecular complexity index is 706. The minimum absolute atomic E-state index is 0.0492. The normalized spacial score (nSPS) is 13.2. The Kier molecular flexibility index (Phi) is 6.63. The monoisotopic (exact) mass is 339 g/mol. The van der Waals surface area contributed by atoms with Crippen molar-refractivity contribution >= 4 is 5.91 Å². The zero-order valence-electron chi connectivity index (χ0n) is 15.9. The maximum absolute atomic E-state index is 12.6. The molecule has 2 aromatic carbocycles. The van der Waals surface area contributed by atoms with E-state index in [0.29, 0.717) is 6.42 Å². The summed E-state index contributed by atoms with van der Waals surface area (Å²) in [5, 5.41) is 3.07. The van der Waals surface area contributed by atoms with Gasteiger partial charge in [-0.3, -0.25) is 4.79 Å². The standard InChI is InChI=1S/C22H29NO2/c1-6-18-9-12-20(13-10-18)25-21(7-2)22(24)23-17(5)19-11-8-15(3)16(4)14-19/h8-14,17,21H,6-7H2,1-5H3,(H,23,24)/t17-,21+/m0/s1. The van der Waals surface area contributed by atoms with Gasteiger partial charge in [-0.25, -0.2) is 0 Å². The molecule has 0 aliphatic rings. The fraction of sp³-hybridized carbons (Fsp3) is 0.409. The van der Waals surface area contributed by atoms with Crippen molar-refractivity contribution in [2.45, 2.75) is 59.6 Å². The summed E-state index contributed by atoms with van der Waals surface area (Å²) in [7, 11) is 0. The van der Waals surface area contributed by atoms with E-state index in [2.05, 4.69) is 44.3 Å². The van der Waals surface area contributed by atoms with Crippen LogP contribution >= 0.6 is 0 Å². The third-order valence-corrected chi connectivity index (χ3v) is 4.66. The maximum Gasteiger partial charge on any atom is 0.261 e. The summed E-state index contributed by atoms with van der Waals surface area (Å²) >= 11 is 0. The fourth-order valence-corrected chi connectivity index (χ4v) is 2.71. The molecule has 0 aliphatic heterocycles. The minimum Gasteiger partial charge on any atom is -0.481 e. The first-order valence-electron chi connectivity index (χ1n) is 9.07. The highest BCUT2D eigenvalue weighted by Crippen LogP contribution is 2.19. The molecule has 2 rings (SSSR count). The van der Waals surface area contributed by atoms with Gasteiger partial charge in [-0.05, 0) is 68.0 Å². The van der Waals surface area contributed by atoms with E-state index in [0.717, 1.165) is 17.7 Å². The molecule has 1 amide bonds. The highest BCUT2D eigenvalue weighted by Gasteiger charge is 2.20. The first-order chi connectivity index (χ1) is 11.9. The molecule has 0 fully saturated rings. The molecule has 0 saturated carbocycles. The summed E-state index contributed by atoms with van der Waals surface area (Å²) in [6, 6.07) is 14.2. The fourth-order valence-electron chi connectivity index (χ4n) is 2.71. The summed E-state index contributed by atoms with van der Waals surface area (Å²) < 4.78 is 5.89. The molecule has 0 aromatic heterocycles. The lowest BCUT2D eigenvalue weighted by Gasteiger charge is -2.21. The number of carbonyl (C=O) groups is 1. The van der Waals surface area contributed by atoms with E-state index in [4.69, 9.17) is 4.74 Å². The number of aryl methyl sites for hydroxylation is 3. The van der Waals surface area contributed by atoms with Gasteiger partial charge in [-0.15, -0.1) is 0 Å². The van der Waals surface area contributed by atoms with Crippen LogP contribution in [0.4, 0.5) is 0 Å². The van der Waals surface area contributed by atoms with Gasteiger partial charge < -0.3 is 10.1 Å². The number of hydrogen-bond acceptors (Lipinski definition) is 2. The van der Waals surface area contributed by atoms with E-state index in [1.807, 2.05) is 38.1 Å². The molecule has 0 saturated heterocycles. The quantitative estimate of drug-likeness (QED) is 0.779. The first kappa shape index (κ1) is 19.0. The average molecular weight is 339 g/mol. The highest BCUT2D eigenvalue weighted by atomic mass is 16.5. The van der Waals surface area contributed by atoms with Crippen molar-refractivity contribution in [1.82, 2.24) is 5.32 Å². The first-order valence-corrected chi connectivity index (χ1v) is 9.07. The van der Waals surface area contributed by atoms with Gasteiger partial charge in [0.25, 0.3) is 5.91 Å². The Morgan fingerprint density at radius 3 is 2.28 bits per heavy atom. The zero-order chi connectivity index (χ0) is 18.4.